The van der Waals surface area contributed by atoms with Gasteiger partial charge in [0.1, 0.15) is 5.82 Å². The van der Waals surface area contributed by atoms with E-state index in [-0.39, 0.29) is 11.9 Å². The van der Waals surface area contributed by atoms with Gasteiger partial charge in [0, 0.05) is 0 Å². The van der Waals surface area contributed by atoms with Crippen molar-refractivity contribution >= 4 is 5.69 Å². The van der Waals surface area contributed by atoms with Gasteiger partial charge in [-0.15, -0.1) is 0 Å². The molecule has 1 aliphatic heterocycles. The van der Waals surface area contributed by atoms with Crippen molar-refractivity contribution in [1.82, 2.24) is 0 Å². The second-order valence-corrected chi connectivity index (χ2v) is 3.34. The molecule has 76 valence electrons. The second-order valence-electron chi connectivity index (χ2n) is 3.34. The van der Waals surface area contributed by atoms with E-state index >= 15 is 0 Å². The van der Waals surface area contributed by atoms with E-state index in [1.807, 2.05) is 0 Å². The maximum absolute atomic E-state index is 13.2. The number of anilines is 1. The summed E-state index contributed by atoms with van der Waals surface area (Å²) in [6.45, 7) is 0.724. The van der Waals surface area contributed by atoms with Crippen LogP contribution in [0.4, 0.5) is 10.1 Å². The lowest BCUT2D eigenvalue weighted by molar-refractivity contribution is 0.125. The summed E-state index contributed by atoms with van der Waals surface area (Å²) in [4.78, 5) is 0. The Labute approximate surface area is 81.5 Å². The maximum atomic E-state index is 13.2. The first-order valence-corrected chi connectivity index (χ1v) is 4.54. The number of aliphatic hydroxyl groups is 1. The van der Waals surface area contributed by atoms with Gasteiger partial charge in [-0.25, -0.2) is 4.39 Å². The SMILES string of the molecule is O[C@@H]1COC[C@@H]1Nc1ccccc1F. The number of hydrogen-bond donors (Lipinski definition) is 2. The van der Waals surface area contributed by atoms with Gasteiger partial charge in [0.05, 0.1) is 31.0 Å². The number of halogens is 1. The average molecular weight is 197 g/mol. The minimum atomic E-state index is -0.561. The molecule has 3 nitrogen and oxygen atoms in total. The molecule has 0 amide bonds. The number of aliphatic hydroxyl groups excluding tert-OH is 1. The Bertz CT molecular complexity index is 319. The highest BCUT2D eigenvalue weighted by atomic mass is 19.1. The molecular weight excluding hydrogens is 185 g/mol. The minimum absolute atomic E-state index is 0.216. The maximum Gasteiger partial charge on any atom is 0.146 e. The third-order valence-electron chi connectivity index (χ3n) is 2.27. The lowest BCUT2D eigenvalue weighted by atomic mass is 10.2. The van der Waals surface area contributed by atoms with Gasteiger partial charge in [0.2, 0.25) is 0 Å². The highest BCUT2D eigenvalue weighted by molar-refractivity contribution is 5.45. The van der Waals surface area contributed by atoms with E-state index in [1.54, 1.807) is 18.2 Å². The average Bonchev–Trinajstić information content (AvgIpc) is 2.56. The fraction of sp³-hybridized carbons (Fsp3) is 0.400. The molecule has 0 aromatic heterocycles. The largest absolute Gasteiger partial charge is 0.388 e. The van der Waals surface area contributed by atoms with Crippen LogP contribution in [0.5, 0.6) is 0 Å². The van der Waals surface area contributed by atoms with E-state index in [1.165, 1.54) is 6.07 Å². The predicted molar refractivity (Wildman–Crippen MR) is 50.6 cm³/mol. The van der Waals surface area contributed by atoms with Gasteiger partial charge in [-0.2, -0.15) is 0 Å². The first-order chi connectivity index (χ1) is 6.77. The number of hydrogen-bond acceptors (Lipinski definition) is 3. The number of ether oxygens (including phenoxy) is 1. The fourth-order valence-electron chi connectivity index (χ4n) is 1.46. The van der Waals surface area contributed by atoms with Gasteiger partial charge in [0.25, 0.3) is 0 Å². The van der Waals surface area contributed by atoms with Crippen LogP contribution in [0.1, 0.15) is 0 Å². The van der Waals surface area contributed by atoms with Crippen LogP contribution in [0.15, 0.2) is 24.3 Å². The van der Waals surface area contributed by atoms with Crippen LogP contribution in [-0.2, 0) is 4.74 Å². The minimum Gasteiger partial charge on any atom is -0.388 e. The Hall–Kier alpha value is -1.13. The molecule has 0 spiro atoms. The molecule has 0 aliphatic carbocycles. The Morgan fingerprint density at radius 2 is 2.14 bits per heavy atom. The number of rotatable bonds is 2. The van der Waals surface area contributed by atoms with E-state index in [0.29, 0.717) is 18.9 Å². The molecule has 2 N–H and O–H groups in total. The normalized spacial score (nSPS) is 26.4. The quantitative estimate of drug-likeness (QED) is 0.743. The zero-order valence-electron chi connectivity index (χ0n) is 7.61. The summed E-state index contributed by atoms with van der Waals surface area (Å²) < 4.78 is 18.2. The predicted octanol–water partition coefficient (Wildman–Crippen LogP) is 0.997. The Morgan fingerprint density at radius 1 is 1.36 bits per heavy atom. The summed E-state index contributed by atoms with van der Waals surface area (Å²) in [6, 6.07) is 6.17. The van der Waals surface area contributed by atoms with Gasteiger partial charge in [-0.1, -0.05) is 12.1 Å². The van der Waals surface area contributed by atoms with Crippen LogP contribution >= 0.6 is 0 Å². The molecule has 0 saturated carbocycles. The molecule has 1 aromatic carbocycles. The van der Waals surface area contributed by atoms with Gasteiger partial charge in [-0.05, 0) is 12.1 Å². The molecule has 0 unspecified atom stereocenters. The van der Waals surface area contributed by atoms with Crippen molar-refractivity contribution in [1.29, 1.82) is 0 Å². The first kappa shape index (κ1) is 9.43. The molecule has 0 bridgehead atoms. The molecule has 1 heterocycles. The molecule has 0 radical (unpaired) electrons. The topological polar surface area (TPSA) is 41.5 Å². The number of nitrogens with one attached hydrogen (secondary N) is 1. The van der Waals surface area contributed by atoms with Crippen molar-refractivity contribution < 1.29 is 14.2 Å². The monoisotopic (exact) mass is 197 g/mol. The van der Waals surface area contributed by atoms with Crippen molar-refractivity contribution in [3.05, 3.63) is 30.1 Å². The molecule has 1 fully saturated rings. The second kappa shape index (κ2) is 3.94. The highest BCUT2D eigenvalue weighted by Crippen LogP contribution is 2.17. The van der Waals surface area contributed by atoms with Crippen molar-refractivity contribution in [2.75, 3.05) is 18.5 Å². The van der Waals surface area contributed by atoms with Crippen LogP contribution in [0, 0.1) is 5.82 Å². The standard InChI is InChI=1S/C10H12FNO2/c11-7-3-1-2-4-8(7)12-9-5-14-6-10(9)13/h1-4,9-10,12-13H,5-6H2/t9-,10+/m0/s1. The lowest BCUT2D eigenvalue weighted by Gasteiger charge is -2.16. The van der Waals surface area contributed by atoms with Crippen LogP contribution < -0.4 is 5.32 Å². The molecule has 2 atom stereocenters. The summed E-state index contributed by atoms with van der Waals surface area (Å²) in [7, 11) is 0. The third-order valence-corrected chi connectivity index (χ3v) is 2.27. The zero-order valence-corrected chi connectivity index (χ0v) is 7.61. The van der Waals surface area contributed by atoms with Gasteiger partial charge in [0.15, 0.2) is 0 Å². The first-order valence-electron chi connectivity index (χ1n) is 4.54. The molecule has 14 heavy (non-hydrogen) atoms. The Balaban J connectivity index is 2.07. The van der Waals surface area contributed by atoms with Crippen molar-refractivity contribution in [2.45, 2.75) is 12.1 Å². The smallest absolute Gasteiger partial charge is 0.146 e. The Kier molecular flexibility index (Phi) is 2.65. The van der Waals surface area contributed by atoms with Crippen LogP contribution in [0.25, 0.3) is 0 Å². The third kappa shape index (κ3) is 1.86. The van der Waals surface area contributed by atoms with E-state index < -0.39 is 6.10 Å². The van der Waals surface area contributed by atoms with Crippen LogP contribution in [-0.4, -0.2) is 30.5 Å². The molecule has 1 saturated heterocycles. The van der Waals surface area contributed by atoms with E-state index in [9.17, 15) is 9.50 Å². The Morgan fingerprint density at radius 3 is 2.79 bits per heavy atom. The molecule has 1 aliphatic rings. The summed E-state index contributed by atoms with van der Waals surface area (Å²) in [6.07, 6.45) is -0.561. The number of para-hydroxylation sites is 1. The fourth-order valence-corrected chi connectivity index (χ4v) is 1.46. The van der Waals surface area contributed by atoms with Crippen LogP contribution in [0.3, 0.4) is 0 Å². The van der Waals surface area contributed by atoms with Gasteiger partial charge >= 0.3 is 0 Å². The lowest BCUT2D eigenvalue weighted by Crippen LogP contribution is -2.32. The van der Waals surface area contributed by atoms with E-state index in [4.69, 9.17) is 4.74 Å². The van der Waals surface area contributed by atoms with E-state index in [2.05, 4.69) is 5.32 Å². The van der Waals surface area contributed by atoms with Crippen molar-refractivity contribution in [3.8, 4) is 0 Å². The highest BCUT2D eigenvalue weighted by Gasteiger charge is 2.26. The van der Waals surface area contributed by atoms with E-state index in [0.717, 1.165) is 0 Å². The molecular formula is C10H12FNO2. The van der Waals surface area contributed by atoms with Gasteiger partial charge < -0.3 is 15.2 Å². The van der Waals surface area contributed by atoms with Crippen molar-refractivity contribution in [3.63, 3.8) is 0 Å². The zero-order chi connectivity index (χ0) is 9.97. The molecule has 1 aromatic rings. The van der Waals surface area contributed by atoms with Crippen molar-refractivity contribution in [2.24, 2.45) is 0 Å². The summed E-state index contributed by atoms with van der Waals surface area (Å²) in [5.74, 6) is -0.313. The number of benzene rings is 1. The molecule has 2 rings (SSSR count). The summed E-state index contributed by atoms with van der Waals surface area (Å²) in [5.41, 5.74) is 0.405. The molecule has 4 heteroatoms. The summed E-state index contributed by atoms with van der Waals surface area (Å²) in [5, 5.41) is 12.3. The van der Waals surface area contributed by atoms with Gasteiger partial charge in [-0.3, -0.25) is 0 Å². The summed E-state index contributed by atoms with van der Waals surface area (Å²) >= 11 is 0. The van der Waals surface area contributed by atoms with Crippen LogP contribution in [0.2, 0.25) is 0 Å².